The lowest BCUT2D eigenvalue weighted by Crippen LogP contribution is -2.27. The van der Waals surface area contributed by atoms with E-state index in [2.05, 4.69) is 5.32 Å². The summed E-state index contributed by atoms with van der Waals surface area (Å²) in [5, 5.41) is 3.77. The zero-order chi connectivity index (χ0) is 9.42. The minimum atomic E-state index is 0.147. The van der Waals surface area contributed by atoms with Gasteiger partial charge in [0, 0.05) is 5.69 Å². The van der Waals surface area contributed by atoms with Crippen molar-refractivity contribution < 1.29 is 4.74 Å². The fraction of sp³-hybridized carbons (Fsp3) is 0.333. The highest BCUT2D eigenvalue weighted by molar-refractivity contribution is 6.32. The summed E-state index contributed by atoms with van der Waals surface area (Å²) in [6, 6.07) is 3.52. The van der Waals surface area contributed by atoms with Crippen LogP contribution in [0.25, 0.3) is 0 Å². The van der Waals surface area contributed by atoms with Crippen LogP contribution in [-0.2, 0) is 0 Å². The van der Waals surface area contributed by atoms with Crippen LogP contribution in [-0.4, -0.2) is 12.6 Å². The predicted octanol–water partition coefficient (Wildman–Crippen LogP) is 2.12. The summed E-state index contributed by atoms with van der Waals surface area (Å²) < 4.78 is 5.57. The molecule has 1 aliphatic rings. The minimum absolute atomic E-state index is 0.147. The van der Waals surface area contributed by atoms with Gasteiger partial charge in [-0.05, 0) is 19.1 Å². The molecule has 0 bridgehead atoms. The first-order chi connectivity index (χ1) is 6.16. The maximum Gasteiger partial charge on any atom is 0.161 e. The quantitative estimate of drug-likeness (QED) is 0.628. The molecule has 3 N–H and O–H groups in total. The molecule has 70 valence electrons. The molecule has 0 saturated carbocycles. The fourth-order valence-electron chi connectivity index (χ4n) is 1.36. The van der Waals surface area contributed by atoms with Crippen LogP contribution >= 0.6 is 11.6 Å². The molecule has 4 heteroatoms. The van der Waals surface area contributed by atoms with E-state index in [4.69, 9.17) is 22.1 Å². The van der Waals surface area contributed by atoms with E-state index < -0.39 is 0 Å². The monoisotopic (exact) mass is 198 g/mol. The standard InChI is InChI=1S/C9H11ClN2O/c1-5-4-12-8-3-6(11)2-7(10)9(8)13-5/h2-3,5,12H,4,11H2,1H3. The molecule has 0 amide bonds. The van der Waals surface area contributed by atoms with Crippen molar-refractivity contribution in [3.63, 3.8) is 0 Å². The smallest absolute Gasteiger partial charge is 0.161 e. The second kappa shape index (κ2) is 3.00. The van der Waals surface area contributed by atoms with Crippen LogP contribution in [0.4, 0.5) is 11.4 Å². The molecule has 0 saturated heterocycles. The first-order valence-electron chi connectivity index (χ1n) is 4.16. The number of anilines is 2. The van der Waals surface area contributed by atoms with E-state index in [1.54, 1.807) is 6.07 Å². The highest BCUT2D eigenvalue weighted by Crippen LogP contribution is 2.38. The number of hydrogen-bond donors (Lipinski definition) is 2. The zero-order valence-corrected chi connectivity index (χ0v) is 8.06. The Balaban J connectivity index is 2.47. The average molecular weight is 199 g/mol. The van der Waals surface area contributed by atoms with Crippen molar-refractivity contribution in [3.8, 4) is 5.75 Å². The largest absolute Gasteiger partial charge is 0.485 e. The number of benzene rings is 1. The number of nitrogens with one attached hydrogen (secondary N) is 1. The van der Waals surface area contributed by atoms with Crippen LogP contribution in [0.3, 0.4) is 0 Å². The normalized spacial score (nSPS) is 20.0. The maximum absolute atomic E-state index is 5.97. The highest BCUT2D eigenvalue weighted by atomic mass is 35.5. The van der Waals surface area contributed by atoms with Gasteiger partial charge in [-0.15, -0.1) is 0 Å². The average Bonchev–Trinajstić information content (AvgIpc) is 2.06. The minimum Gasteiger partial charge on any atom is -0.485 e. The summed E-state index contributed by atoms with van der Waals surface area (Å²) in [5.74, 6) is 0.703. The van der Waals surface area contributed by atoms with Gasteiger partial charge >= 0.3 is 0 Å². The number of nitrogens with two attached hydrogens (primary N) is 1. The van der Waals surface area contributed by atoms with Crippen LogP contribution in [0.1, 0.15) is 6.92 Å². The van der Waals surface area contributed by atoms with E-state index in [9.17, 15) is 0 Å². The van der Waals surface area contributed by atoms with Gasteiger partial charge in [0.15, 0.2) is 5.75 Å². The van der Waals surface area contributed by atoms with Crippen molar-refractivity contribution in [2.75, 3.05) is 17.6 Å². The van der Waals surface area contributed by atoms with Gasteiger partial charge in [-0.2, -0.15) is 0 Å². The van der Waals surface area contributed by atoms with Crippen LogP contribution < -0.4 is 15.8 Å². The molecule has 1 heterocycles. The number of ether oxygens (including phenoxy) is 1. The van der Waals surface area contributed by atoms with Crippen molar-refractivity contribution in [3.05, 3.63) is 17.2 Å². The molecule has 1 atom stereocenters. The third-order valence-electron chi connectivity index (χ3n) is 1.96. The van der Waals surface area contributed by atoms with E-state index in [0.29, 0.717) is 16.5 Å². The number of rotatable bonds is 0. The summed E-state index contributed by atoms with van der Waals surface area (Å²) in [4.78, 5) is 0. The van der Waals surface area contributed by atoms with Crippen LogP contribution in [0, 0.1) is 0 Å². The molecular weight excluding hydrogens is 188 g/mol. The van der Waals surface area contributed by atoms with Crippen molar-refractivity contribution >= 4 is 23.0 Å². The predicted molar refractivity (Wildman–Crippen MR) is 54.4 cm³/mol. The van der Waals surface area contributed by atoms with Crippen molar-refractivity contribution in [2.24, 2.45) is 0 Å². The van der Waals surface area contributed by atoms with Gasteiger partial charge in [0.05, 0.1) is 17.3 Å². The van der Waals surface area contributed by atoms with Crippen LogP contribution in [0.2, 0.25) is 5.02 Å². The zero-order valence-electron chi connectivity index (χ0n) is 7.30. The first kappa shape index (κ1) is 8.51. The summed E-state index contributed by atoms with van der Waals surface area (Å²) >= 11 is 5.97. The van der Waals surface area contributed by atoms with E-state index >= 15 is 0 Å². The third-order valence-corrected chi connectivity index (χ3v) is 2.25. The van der Waals surface area contributed by atoms with E-state index in [-0.39, 0.29) is 6.10 Å². The van der Waals surface area contributed by atoms with Gasteiger partial charge in [-0.25, -0.2) is 0 Å². The molecule has 0 spiro atoms. The van der Waals surface area contributed by atoms with Gasteiger partial charge in [-0.3, -0.25) is 0 Å². The number of nitrogen functional groups attached to an aromatic ring is 1. The van der Waals surface area contributed by atoms with Gasteiger partial charge < -0.3 is 15.8 Å². The summed E-state index contributed by atoms with van der Waals surface area (Å²) in [7, 11) is 0. The Labute approximate surface area is 81.8 Å². The Morgan fingerprint density at radius 3 is 3.15 bits per heavy atom. The Morgan fingerprint density at radius 2 is 2.38 bits per heavy atom. The Morgan fingerprint density at radius 1 is 1.62 bits per heavy atom. The fourth-order valence-corrected chi connectivity index (χ4v) is 1.63. The number of halogens is 1. The Kier molecular flexibility index (Phi) is 1.96. The van der Waals surface area contributed by atoms with E-state index in [1.807, 2.05) is 13.0 Å². The molecule has 1 aliphatic heterocycles. The van der Waals surface area contributed by atoms with E-state index in [0.717, 1.165) is 12.2 Å². The van der Waals surface area contributed by atoms with Gasteiger partial charge in [0.2, 0.25) is 0 Å². The lowest BCUT2D eigenvalue weighted by Gasteiger charge is -2.25. The molecule has 0 radical (unpaired) electrons. The lowest BCUT2D eigenvalue weighted by atomic mass is 10.2. The highest BCUT2D eigenvalue weighted by Gasteiger charge is 2.18. The molecule has 1 aromatic carbocycles. The number of hydrogen-bond acceptors (Lipinski definition) is 3. The summed E-state index contributed by atoms with van der Waals surface area (Å²) in [6.45, 7) is 2.77. The second-order valence-electron chi connectivity index (χ2n) is 3.19. The molecule has 0 fully saturated rings. The first-order valence-corrected chi connectivity index (χ1v) is 4.54. The van der Waals surface area contributed by atoms with Crippen LogP contribution in [0.15, 0.2) is 12.1 Å². The van der Waals surface area contributed by atoms with Gasteiger partial charge in [0.1, 0.15) is 6.10 Å². The van der Waals surface area contributed by atoms with Crippen molar-refractivity contribution in [1.29, 1.82) is 0 Å². The molecule has 2 rings (SSSR count). The molecule has 3 nitrogen and oxygen atoms in total. The lowest BCUT2D eigenvalue weighted by molar-refractivity contribution is 0.226. The molecule has 0 aliphatic carbocycles. The van der Waals surface area contributed by atoms with Gasteiger partial charge in [0.25, 0.3) is 0 Å². The van der Waals surface area contributed by atoms with E-state index in [1.165, 1.54) is 0 Å². The topological polar surface area (TPSA) is 47.3 Å². The molecular formula is C9H11ClN2O. The maximum atomic E-state index is 5.97. The molecule has 13 heavy (non-hydrogen) atoms. The van der Waals surface area contributed by atoms with Crippen molar-refractivity contribution in [1.82, 2.24) is 0 Å². The summed E-state index contributed by atoms with van der Waals surface area (Å²) in [5.41, 5.74) is 7.16. The Hall–Kier alpha value is -1.09. The molecule has 1 aromatic rings. The molecule has 1 unspecified atom stereocenters. The van der Waals surface area contributed by atoms with Crippen molar-refractivity contribution in [2.45, 2.75) is 13.0 Å². The third kappa shape index (κ3) is 1.52. The molecule has 0 aromatic heterocycles. The van der Waals surface area contributed by atoms with Crippen LogP contribution in [0.5, 0.6) is 5.75 Å². The Bertz CT molecular complexity index is 341. The number of fused-ring (bicyclic) bond motifs is 1. The summed E-state index contributed by atoms with van der Waals surface area (Å²) in [6.07, 6.45) is 0.147. The second-order valence-corrected chi connectivity index (χ2v) is 3.60. The van der Waals surface area contributed by atoms with Gasteiger partial charge in [-0.1, -0.05) is 11.6 Å². The SMILES string of the molecule is CC1CNc2cc(N)cc(Cl)c2O1.